The standard InChI is InChI=1S/C18H19NO/c1-18(2,3)17(19-20)16-14-10-6-4-8-12(14)13-9-5-7-11-15(13)16/h4-11,16,20H,1-3H3/b19-17+. The molecule has 0 aromatic heterocycles. The Morgan fingerprint density at radius 1 is 0.900 bits per heavy atom. The first-order valence-corrected chi connectivity index (χ1v) is 6.94. The second-order valence-corrected chi connectivity index (χ2v) is 6.34. The van der Waals surface area contributed by atoms with Crippen LogP contribution in [0.25, 0.3) is 11.1 Å². The van der Waals surface area contributed by atoms with Gasteiger partial charge in [-0.15, -0.1) is 0 Å². The fraction of sp³-hybridized carbons (Fsp3) is 0.278. The van der Waals surface area contributed by atoms with Gasteiger partial charge in [0, 0.05) is 5.41 Å². The average molecular weight is 265 g/mol. The quantitative estimate of drug-likeness (QED) is 0.453. The molecule has 0 spiro atoms. The number of oxime groups is 1. The van der Waals surface area contributed by atoms with E-state index in [1.165, 1.54) is 22.3 Å². The number of nitrogens with zero attached hydrogens (tertiary/aromatic N) is 1. The van der Waals surface area contributed by atoms with E-state index >= 15 is 0 Å². The Bertz CT molecular complexity index is 634. The molecule has 2 nitrogen and oxygen atoms in total. The summed E-state index contributed by atoms with van der Waals surface area (Å²) in [4.78, 5) is 0. The van der Waals surface area contributed by atoms with Gasteiger partial charge in [0.15, 0.2) is 0 Å². The summed E-state index contributed by atoms with van der Waals surface area (Å²) in [6.45, 7) is 6.27. The molecule has 2 aromatic rings. The monoisotopic (exact) mass is 265 g/mol. The molecule has 0 saturated carbocycles. The highest BCUT2D eigenvalue weighted by Gasteiger charge is 2.37. The first kappa shape index (κ1) is 12.9. The number of benzene rings is 2. The number of rotatable bonds is 1. The zero-order valence-electron chi connectivity index (χ0n) is 12.1. The van der Waals surface area contributed by atoms with Crippen molar-refractivity contribution in [2.45, 2.75) is 26.7 Å². The van der Waals surface area contributed by atoms with Crippen LogP contribution < -0.4 is 0 Å². The summed E-state index contributed by atoms with van der Waals surface area (Å²) in [6, 6.07) is 16.8. The molecule has 3 rings (SSSR count). The molecular weight excluding hydrogens is 246 g/mol. The average Bonchev–Trinajstić information content (AvgIpc) is 2.74. The van der Waals surface area contributed by atoms with E-state index in [1.807, 2.05) is 0 Å². The topological polar surface area (TPSA) is 32.6 Å². The Labute approximate surface area is 119 Å². The molecule has 102 valence electrons. The third kappa shape index (κ3) is 1.83. The highest BCUT2D eigenvalue weighted by molar-refractivity contribution is 6.02. The normalized spacial score (nSPS) is 15.1. The number of fused-ring (bicyclic) bond motifs is 3. The zero-order valence-corrected chi connectivity index (χ0v) is 12.1. The lowest BCUT2D eigenvalue weighted by Crippen LogP contribution is -2.27. The van der Waals surface area contributed by atoms with Crippen LogP contribution in [0.5, 0.6) is 0 Å². The summed E-state index contributed by atoms with van der Waals surface area (Å²) in [5.41, 5.74) is 5.60. The van der Waals surface area contributed by atoms with Crippen molar-refractivity contribution in [1.29, 1.82) is 0 Å². The van der Waals surface area contributed by atoms with E-state index < -0.39 is 0 Å². The minimum Gasteiger partial charge on any atom is -0.411 e. The largest absolute Gasteiger partial charge is 0.411 e. The lowest BCUT2D eigenvalue weighted by atomic mass is 9.78. The van der Waals surface area contributed by atoms with Crippen molar-refractivity contribution in [3.63, 3.8) is 0 Å². The molecule has 1 aliphatic carbocycles. The maximum Gasteiger partial charge on any atom is 0.0743 e. The first-order valence-electron chi connectivity index (χ1n) is 6.94. The second kappa shape index (κ2) is 4.48. The summed E-state index contributed by atoms with van der Waals surface area (Å²) in [7, 11) is 0. The van der Waals surface area contributed by atoms with Crippen molar-refractivity contribution >= 4 is 5.71 Å². The molecule has 2 aromatic carbocycles. The molecule has 0 atom stereocenters. The van der Waals surface area contributed by atoms with E-state index in [0.717, 1.165) is 5.71 Å². The van der Waals surface area contributed by atoms with E-state index in [0.29, 0.717) is 0 Å². The first-order chi connectivity index (χ1) is 9.54. The van der Waals surface area contributed by atoms with Gasteiger partial charge in [0.1, 0.15) is 0 Å². The Morgan fingerprint density at radius 2 is 1.35 bits per heavy atom. The number of hydrogen-bond donors (Lipinski definition) is 1. The van der Waals surface area contributed by atoms with Crippen molar-refractivity contribution < 1.29 is 5.21 Å². The highest BCUT2D eigenvalue weighted by atomic mass is 16.4. The van der Waals surface area contributed by atoms with Gasteiger partial charge >= 0.3 is 0 Å². The molecular formula is C18H19NO. The van der Waals surface area contributed by atoms with Gasteiger partial charge in [0.05, 0.1) is 11.6 Å². The van der Waals surface area contributed by atoms with Gasteiger partial charge in [-0.1, -0.05) is 74.5 Å². The molecule has 0 bridgehead atoms. The van der Waals surface area contributed by atoms with Crippen LogP contribution in [0.1, 0.15) is 37.8 Å². The molecule has 20 heavy (non-hydrogen) atoms. The molecule has 0 amide bonds. The Morgan fingerprint density at radius 3 is 1.75 bits per heavy atom. The van der Waals surface area contributed by atoms with E-state index in [1.54, 1.807) is 0 Å². The van der Waals surface area contributed by atoms with Crippen LogP contribution in [-0.2, 0) is 0 Å². The Balaban J connectivity index is 2.27. The molecule has 0 aliphatic heterocycles. The van der Waals surface area contributed by atoms with Gasteiger partial charge in [0.25, 0.3) is 0 Å². The number of hydrogen-bond acceptors (Lipinski definition) is 2. The van der Waals surface area contributed by atoms with E-state index in [9.17, 15) is 5.21 Å². The van der Waals surface area contributed by atoms with Crippen LogP contribution in [0, 0.1) is 5.41 Å². The van der Waals surface area contributed by atoms with Crippen LogP contribution in [0.3, 0.4) is 0 Å². The molecule has 2 heteroatoms. The predicted molar refractivity (Wildman–Crippen MR) is 82.4 cm³/mol. The summed E-state index contributed by atoms with van der Waals surface area (Å²) < 4.78 is 0. The van der Waals surface area contributed by atoms with Gasteiger partial charge in [-0.25, -0.2) is 0 Å². The molecule has 0 radical (unpaired) electrons. The van der Waals surface area contributed by atoms with Gasteiger partial charge in [-0.3, -0.25) is 0 Å². The van der Waals surface area contributed by atoms with Crippen LogP contribution in [0.15, 0.2) is 53.7 Å². The van der Waals surface area contributed by atoms with Gasteiger partial charge < -0.3 is 5.21 Å². The summed E-state index contributed by atoms with van der Waals surface area (Å²) in [5.74, 6) is 0.0485. The Hall–Kier alpha value is -2.09. The minimum absolute atomic E-state index is 0.0485. The maximum absolute atomic E-state index is 9.56. The van der Waals surface area contributed by atoms with Crippen LogP contribution in [0.2, 0.25) is 0 Å². The highest BCUT2D eigenvalue weighted by Crippen LogP contribution is 2.47. The summed E-state index contributed by atoms with van der Waals surface area (Å²) in [5, 5.41) is 13.2. The molecule has 0 fully saturated rings. The second-order valence-electron chi connectivity index (χ2n) is 6.34. The van der Waals surface area contributed by atoms with E-state index in [4.69, 9.17) is 0 Å². The van der Waals surface area contributed by atoms with Crippen molar-refractivity contribution in [2.24, 2.45) is 10.6 Å². The predicted octanol–water partition coefficient (Wildman–Crippen LogP) is 4.68. The van der Waals surface area contributed by atoms with Crippen LogP contribution in [0.4, 0.5) is 0 Å². The van der Waals surface area contributed by atoms with Crippen molar-refractivity contribution in [1.82, 2.24) is 0 Å². The SMILES string of the molecule is CC(C)(C)/C(=N/O)C1c2ccccc2-c2ccccc21. The van der Waals surface area contributed by atoms with Gasteiger partial charge in [-0.2, -0.15) is 0 Å². The van der Waals surface area contributed by atoms with Crippen molar-refractivity contribution in [3.8, 4) is 11.1 Å². The smallest absolute Gasteiger partial charge is 0.0743 e. The zero-order chi connectivity index (χ0) is 14.3. The maximum atomic E-state index is 9.56. The van der Waals surface area contributed by atoms with Crippen LogP contribution >= 0.6 is 0 Å². The van der Waals surface area contributed by atoms with Crippen LogP contribution in [-0.4, -0.2) is 10.9 Å². The minimum atomic E-state index is -0.177. The third-order valence-corrected chi connectivity index (χ3v) is 3.98. The summed E-state index contributed by atoms with van der Waals surface area (Å²) >= 11 is 0. The lowest BCUT2D eigenvalue weighted by Gasteiger charge is -2.26. The molecule has 0 saturated heterocycles. The van der Waals surface area contributed by atoms with E-state index in [2.05, 4.69) is 74.5 Å². The summed E-state index contributed by atoms with van der Waals surface area (Å²) in [6.07, 6.45) is 0. The van der Waals surface area contributed by atoms with E-state index in [-0.39, 0.29) is 11.3 Å². The lowest BCUT2D eigenvalue weighted by molar-refractivity contribution is 0.308. The van der Waals surface area contributed by atoms with Crippen molar-refractivity contribution in [2.75, 3.05) is 0 Å². The molecule has 1 aliphatic rings. The van der Waals surface area contributed by atoms with Crippen molar-refractivity contribution in [3.05, 3.63) is 59.7 Å². The fourth-order valence-corrected chi connectivity index (χ4v) is 3.09. The Kier molecular flexibility index (Phi) is 2.89. The fourth-order valence-electron chi connectivity index (χ4n) is 3.09. The van der Waals surface area contributed by atoms with Gasteiger partial charge in [0.2, 0.25) is 0 Å². The molecule has 0 unspecified atom stereocenters. The third-order valence-electron chi connectivity index (χ3n) is 3.98. The van der Waals surface area contributed by atoms with Gasteiger partial charge in [-0.05, 0) is 22.3 Å². The molecule has 0 heterocycles. The molecule has 1 N–H and O–H groups in total.